The topological polar surface area (TPSA) is 32.5 Å². The molecule has 0 spiro atoms. The van der Waals surface area contributed by atoms with Crippen molar-refractivity contribution in [2.24, 2.45) is 11.7 Å². The third-order valence-corrected chi connectivity index (χ3v) is 5.38. The zero-order valence-corrected chi connectivity index (χ0v) is 13.1. The van der Waals surface area contributed by atoms with Gasteiger partial charge in [-0.2, -0.15) is 0 Å². The Labute approximate surface area is 119 Å². The first-order valence-corrected chi connectivity index (χ1v) is 8.37. The maximum absolute atomic E-state index is 6.41. The van der Waals surface area contributed by atoms with E-state index in [0.717, 1.165) is 12.0 Å². The number of likely N-dealkylation sites (tertiary alicyclic amines) is 2. The summed E-state index contributed by atoms with van der Waals surface area (Å²) in [6.07, 6.45) is 7.72. The second-order valence-electron chi connectivity index (χ2n) is 6.66. The first-order chi connectivity index (χ1) is 9.17. The monoisotopic (exact) mass is 267 g/mol. The van der Waals surface area contributed by atoms with Crippen LogP contribution < -0.4 is 5.73 Å². The molecular weight excluding hydrogens is 234 g/mol. The van der Waals surface area contributed by atoms with Crippen molar-refractivity contribution >= 4 is 0 Å². The van der Waals surface area contributed by atoms with E-state index in [0.29, 0.717) is 12.1 Å². The summed E-state index contributed by atoms with van der Waals surface area (Å²) in [5.74, 6) is 0.885. The molecular formula is C16H33N3. The minimum absolute atomic E-state index is 0.368. The molecule has 2 rings (SSSR count). The molecule has 0 aromatic rings. The molecule has 2 N–H and O–H groups in total. The Morgan fingerprint density at radius 2 is 2.00 bits per heavy atom. The minimum Gasteiger partial charge on any atom is -0.326 e. The quantitative estimate of drug-likeness (QED) is 0.829. The molecule has 2 saturated heterocycles. The van der Waals surface area contributed by atoms with E-state index in [2.05, 4.69) is 30.7 Å². The van der Waals surface area contributed by atoms with Crippen LogP contribution in [-0.4, -0.2) is 54.6 Å². The van der Waals surface area contributed by atoms with Gasteiger partial charge in [0.15, 0.2) is 0 Å². The number of hydrogen-bond donors (Lipinski definition) is 1. The van der Waals surface area contributed by atoms with E-state index < -0.39 is 0 Å². The lowest BCUT2D eigenvalue weighted by Crippen LogP contribution is -2.57. The van der Waals surface area contributed by atoms with Gasteiger partial charge in [0.1, 0.15) is 0 Å². The van der Waals surface area contributed by atoms with Crippen molar-refractivity contribution in [3.05, 3.63) is 0 Å². The van der Waals surface area contributed by atoms with Crippen molar-refractivity contribution in [3.63, 3.8) is 0 Å². The molecule has 0 saturated carbocycles. The summed E-state index contributed by atoms with van der Waals surface area (Å²) in [6.45, 7) is 8.38. The van der Waals surface area contributed by atoms with Crippen molar-refractivity contribution in [2.45, 2.75) is 70.5 Å². The van der Waals surface area contributed by atoms with Crippen molar-refractivity contribution < 1.29 is 0 Å². The van der Waals surface area contributed by atoms with Gasteiger partial charge < -0.3 is 10.6 Å². The summed E-state index contributed by atoms with van der Waals surface area (Å²) in [5.41, 5.74) is 6.41. The van der Waals surface area contributed by atoms with Crippen LogP contribution in [0, 0.1) is 5.92 Å². The number of rotatable bonds is 5. The SMILES string of the molecule is CCCC(N)C(CC)N1CCC2C(CCCN2C)C1. The van der Waals surface area contributed by atoms with Gasteiger partial charge >= 0.3 is 0 Å². The van der Waals surface area contributed by atoms with E-state index in [1.165, 1.54) is 58.2 Å². The molecule has 0 aromatic heterocycles. The van der Waals surface area contributed by atoms with Crippen LogP contribution in [0.3, 0.4) is 0 Å². The maximum atomic E-state index is 6.41. The zero-order chi connectivity index (χ0) is 13.8. The van der Waals surface area contributed by atoms with E-state index in [4.69, 9.17) is 5.73 Å². The van der Waals surface area contributed by atoms with Crippen LogP contribution in [0.5, 0.6) is 0 Å². The van der Waals surface area contributed by atoms with Gasteiger partial charge in [-0.15, -0.1) is 0 Å². The number of nitrogens with two attached hydrogens (primary N) is 1. The molecule has 3 heteroatoms. The summed E-state index contributed by atoms with van der Waals surface area (Å²) in [6, 6.07) is 1.81. The van der Waals surface area contributed by atoms with Crippen LogP contribution in [0.15, 0.2) is 0 Å². The standard InChI is InChI=1S/C16H33N3/c1-4-7-14(17)15(5-2)19-11-9-16-13(12-19)8-6-10-18(16)3/h13-16H,4-12,17H2,1-3H3. The highest BCUT2D eigenvalue weighted by Crippen LogP contribution is 2.31. The Bertz CT molecular complexity index is 269. The highest BCUT2D eigenvalue weighted by atomic mass is 15.2. The average Bonchev–Trinajstić information content (AvgIpc) is 2.40. The molecule has 2 aliphatic rings. The largest absolute Gasteiger partial charge is 0.326 e. The molecule has 3 nitrogen and oxygen atoms in total. The maximum Gasteiger partial charge on any atom is 0.0244 e. The Morgan fingerprint density at radius 1 is 1.21 bits per heavy atom. The van der Waals surface area contributed by atoms with E-state index in [1.807, 2.05) is 0 Å². The predicted octanol–water partition coefficient (Wildman–Crippen LogP) is 2.31. The summed E-state index contributed by atoms with van der Waals surface area (Å²) in [4.78, 5) is 5.30. The zero-order valence-electron chi connectivity index (χ0n) is 13.1. The molecule has 0 radical (unpaired) electrons. The molecule has 2 heterocycles. The predicted molar refractivity (Wildman–Crippen MR) is 82.3 cm³/mol. The second kappa shape index (κ2) is 7.05. The van der Waals surface area contributed by atoms with E-state index in [-0.39, 0.29) is 0 Å². The van der Waals surface area contributed by atoms with E-state index in [1.54, 1.807) is 0 Å². The van der Waals surface area contributed by atoms with Crippen molar-refractivity contribution in [3.8, 4) is 0 Å². The lowest BCUT2D eigenvalue weighted by molar-refractivity contribution is 0.0133. The molecule has 4 atom stereocenters. The lowest BCUT2D eigenvalue weighted by atomic mass is 9.83. The fraction of sp³-hybridized carbons (Fsp3) is 1.00. The van der Waals surface area contributed by atoms with Gasteiger partial charge in [-0.25, -0.2) is 0 Å². The van der Waals surface area contributed by atoms with Crippen LogP contribution in [0.4, 0.5) is 0 Å². The smallest absolute Gasteiger partial charge is 0.0244 e. The van der Waals surface area contributed by atoms with Crippen LogP contribution in [0.1, 0.15) is 52.4 Å². The summed E-state index contributed by atoms with van der Waals surface area (Å²) >= 11 is 0. The van der Waals surface area contributed by atoms with Gasteiger partial charge in [-0.05, 0) is 51.6 Å². The van der Waals surface area contributed by atoms with Crippen LogP contribution in [-0.2, 0) is 0 Å². The molecule has 2 aliphatic heterocycles. The van der Waals surface area contributed by atoms with Crippen molar-refractivity contribution in [2.75, 3.05) is 26.7 Å². The molecule has 0 aliphatic carbocycles. The fourth-order valence-corrected chi connectivity index (χ4v) is 4.34. The first kappa shape index (κ1) is 15.3. The molecule has 4 unspecified atom stereocenters. The van der Waals surface area contributed by atoms with Crippen molar-refractivity contribution in [1.29, 1.82) is 0 Å². The molecule has 0 bridgehead atoms. The Hall–Kier alpha value is -0.120. The highest BCUT2D eigenvalue weighted by molar-refractivity contribution is 4.93. The third kappa shape index (κ3) is 3.50. The Morgan fingerprint density at radius 3 is 2.68 bits per heavy atom. The summed E-state index contributed by atoms with van der Waals surface area (Å²) < 4.78 is 0. The third-order valence-electron chi connectivity index (χ3n) is 5.38. The van der Waals surface area contributed by atoms with Crippen LogP contribution >= 0.6 is 0 Å². The number of piperidine rings is 2. The summed E-state index contributed by atoms with van der Waals surface area (Å²) in [7, 11) is 2.31. The fourth-order valence-electron chi connectivity index (χ4n) is 4.34. The van der Waals surface area contributed by atoms with Crippen molar-refractivity contribution in [1.82, 2.24) is 9.80 Å². The Kier molecular flexibility index (Phi) is 5.67. The molecule has 2 fully saturated rings. The minimum atomic E-state index is 0.368. The number of fused-ring (bicyclic) bond motifs is 1. The first-order valence-electron chi connectivity index (χ1n) is 8.37. The number of nitrogens with zero attached hydrogens (tertiary/aromatic N) is 2. The van der Waals surface area contributed by atoms with Gasteiger partial charge in [0.05, 0.1) is 0 Å². The van der Waals surface area contributed by atoms with Gasteiger partial charge in [0.25, 0.3) is 0 Å². The molecule has 19 heavy (non-hydrogen) atoms. The molecule has 112 valence electrons. The van der Waals surface area contributed by atoms with E-state index in [9.17, 15) is 0 Å². The van der Waals surface area contributed by atoms with Gasteiger partial charge in [0, 0.05) is 31.2 Å². The van der Waals surface area contributed by atoms with Crippen LogP contribution in [0.2, 0.25) is 0 Å². The number of hydrogen-bond acceptors (Lipinski definition) is 3. The average molecular weight is 267 g/mol. The molecule has 0 aromatic carbocycles. The Balaban J connectivity index is 1.94. The second-order valence-corrected chi connectivity index (χ2v) is 6.66. The van der Waals surface area contributed by atoms with E-state index >= 15 is 0 Å². The lowest BCUT2D eigenvalue weighted by Gasteiger charge is -2.48. The van der Waals surface area contributed by atoms with Gasteiger partial charge in [0.2, 0.25) is 0 Å². The molecule has 0 amide bonds. The normalized spacial score (nSPS) is 32.8. The van der Waals surface area contributed by atoms with Gasteiger partial charge in [-0.1, -0.05) is 20.3 Å². The highest BCUT2D eigenvalue weighted by Gasteiger charge is 2.36. The summed E-state index contributed by atoms with van der Waals surface area (Å²) in [5, 5.41) is 0. The van der Waals surface area contributed by atoms with Gasteiger partial charge in [-0.3, -0.25) is 4.90 Å². The van der Waals surface area contributed by atoms with Crippen LogP contribution in [0.25, 0.3) is 0 Å².